The van der Waals surface area contributed by atoms with E-state index in [2.05, 4.69) is 5.32 Å². The van der Waals surface area contributed by atoms with E-state index in [9.17, 15) is 23.1 Å². The Hall–Kier alpha value is -2.21. The van der Waals surface area contributed by atoms with Gasteiger partial charge in [-0.25, -0.2) is 0 Å². The lowest BCUT2D eigenvalue weighted by molar-refractivity contribution is -0.137. The molecule has 1 amide bonds. The zero-order valence-electron chi connectivity index (χ0n) is 10.9. The van der Waals surface area contributed by atoms with Gasteiger partial charge in [0.25, 0.3) is 0 Å². The molecule has 1 aliphatic heterocycles. The number of phenols is 1. The molecule has 0 aromatic heterocycles. The number of halogens is 4. The number of anilines is 1. The first-order valence-corrected chi connectivity index (χ1v) is 6.65. The maximum Gasteiger partial charge on any atom is 0.416 e. The summed E-state index contributed by atoms with van der Waals surface area (Å²) < 4.78 is 38.2. The monoisotopic (exact) mass is 327 g/mol. The van der Waals surface area contributed by atoms with Gasteiger partial charge in [-0.15, -0.1) is 0 Å². The highest BCUT2D eigenvalue weighted by molar-refractivity contribution is 6.30. The molecule has 0 spiro atoms. The first-order chi connectivity index (χ1) is 10.3. The number of aromatic hydroxyl groups is 1. The van der Waals surface area contributed by atoms with Gasteiger partial charge in [0.2, 0.25) is 5.91 Å². The standard InChI is InChI=1S/C15H9ClF3NO2/c16-8-2-4-12(21)10(6-8)13-9-3-1-7(15(17,18)19)5-11(9)20-14(13)22/h1-6,13,21H,(H,20,22)/t13-/m1/s1. The summed E-state index contributed by atoms with van der Waals surface area (Å²) in [5.74, 6) is -1.54. The molecular weight excluding hydrogens is 319 g/mol. The maximum atomic E-state index is 12.7. The van der Waals surface area contributed by atoms with Gasteiger partial charge in [-0.05, 0) is 35.9 Å². The molecule has 0 unspecified atom stereocenters. The highest BCUT2D eigenvalue weighted by Crippen LogP contribution is 2.43. The lowest BCUT2D eigenvalue weighted by Crippen LogP contribution is -2.13. The molecule has 0 aliphatic carbocycles. The van der Waals surface area contributed by atoms with E-state index < -0.39 is 23.6 Å². The van der Waals surface area contributed by atoms with E-state index in [0.29, 0.717) is 10.6 Å². The number of amides is 1. The Morgan fingerprint density at radius 2 is 1.82 bits per heavy atom. The summed E-state index contributed by atoms with van der Waals surface area (Å²) in [7, 11) is 0. The van der Waals surface area contributed by atoms with Crippen LogP contribution in [0.5, 0.6) is 5.75 Å². The lowest BCUT2D eigenvalue weighted by atomic mass is 9.91. The van der Waals surface area contributed by atoms with E-state index in [-0.39, 0.29) is 17.0 Å². The zero-order valence-corrected chi connectivity index (χ0v) is 11.7. The number of hydrogen-bond acceptors (Lipinski definition) is 2. The third-order valence-corrected chi connectivity index (χ3v) is 3.75. The number of carbonyl (C=O) groups excluding carboxylic acids is 1. The molecule has 114 valence electrons. The Morgan fingerprint density at radius 1 is 1.09 bits per heavy atom. The van der Waals surface area contributed by atoms with Gasteiger partial charge in [-0.1, -0.05) is 17.7 Å². The van der Waals surface area contributed by atoms with Gasteiger partial charge in [-0.3, -0.25) is 4.79 Å². The molecule has 0 fully saturated rings. The molecule has 2 N–H and O–H groups in total. The zero-order chi connectivity index (χ0) is 16.1. The van der Waals surface area contributed by atoms with Gasteiger partial charge in [-0.2, -0.15) is 13.2 Å². The number of alkyl halides is 3. The predicted molar refractivity (Wildman–Crippen MR) is 75.0 cm³/mol. The molecule has 3 nitrogen and oxygen atoms in total. The van der Waals surface area contributed by atoms with Crippen molar-refractivity contribution in [3.63, 3.8) is 0 Å². The van der Waals surface area contributed by atoms with Crippen LogP contribution in [0.25, 0.3) is 0 Å². The normalized spacial score (nSPS) is 17.3. The highest BCUT2D eigenvalue weighted by atomic mass is 35.5. The smallest absolute Gasteiger partial charge is 0.416 e. The van der Waals surface area contributed by atoms with Crippen molar-refractivity contribution in [3.05, 3.63) is 58.1 Å². The Morgan fingerprint density at radius 3 is 2.50 bits per heavy atom. The average molecular weight is 328 g/mol. The van der Waals surface area contributed by atoms with E-state index in [1.54, 1.807) is 0 Å². The maximum absolute atomic E-state index is 12.7. The average Bonchev–Trinajstić information content (AvgIpc) is 2.75. The molecule has 1 heterocycles. The van der Waals surface area contributed by atoms with Gasteiger partial charge in [0, 0.05) is 16.3 Å². The third-order valence-electron chi connectivity index (χ3n) is 3.51. The molecule has 1 atom stereocenters. The topological polar surface area (TPSA) is 49.3 Å². The van der Waals surface area contributed by atoms with E-state index in [1.165, 1.54) is 24.3 Å². The van der Waals surface area contributed by atoms with Crippen LogP contribution in [0.1, 0.15) is 22.6 Å². The summed E-state index contributed by atoms with van der Waals surface area (Å²) in [5.41, 5.74) is -0.134. The van der Waals surface area contributed by atoms with Gasteiger partial charge >= 0.3 is 6.18 Å². The van der Waals surface area contributed by atoms with Crippen molar-refractivity contribution in [2.75, 3.05) is 5.32 Å². The van der Waals surface area contributed by atoms with Crippen LogP contribution < -0.4 is 5.32 Å². The Labute approximate surface area is 128 Å². The molecule has 7 heteroatoms. The Bertz CT molecular complexity index is 774. The summed E-state index contributed by atoms with van der Waals surface area (Å²) in [5, 5.41) is 12.6. The highest BCUT2D eigenvalue weighted by Gasteiger charge is 2.37. The number of fused-ring (bicyclic) bond motifs is 1. The molecule has 0 saturated heterocycles. The van der Waals surface area contributed by atoms with Crippen molar-refractivity contribution in [1.82, 2.24) is 0 Å². The first kappa shape index (κ1) is 14.7. The van der Waals surface area contributed by atoms with Crippen molar-refractivity contribution < 1.29 is 23.1 Å². The van der Waals surface area contributed by atoms with Crippen LogP contribution in [0.15, 0.2) is 36.4 Å². The van der Waals surface area contributed by atoms with Crippen LogP contribution in [0.4, 0.5) is 18.9 Å². The molecule has 2 aromatic carbocycles. The van der Waals surface area contributed by atoms with Gasteiger partial charge in [0.1, 0.15) is 5.75 Å². The number of phenolic OH excluding ortho intramolecular Hbond substituents is 1. The van der Waals surface area contributed by atoms with E-state index in [0.717, 1.165) is 12.1 Å². The molecule has 3 rings (SSSR count). The fraction of sp³-hybridized carbons (Fsp3) is 0.133. The molecule has 0 radical (unpaired) electrons. The molecule has 0 bridgehead atoms. The largest absolute Gasteiger partial charge is 0.508 e. The minimum atomic E-state index is -4.49. The number of hydrogen-bond donors (Lipinski definition) is 2. The summed E-state index contributed by atoms with van der Waals surface area (Å²) >= 11 is 5.86. The Kier molecular flexibility index (Phi) is 3.29. The van der Waals surface area contributed by atoms with Crippen molar-refractivity contribution in [2.24, 2.45) is 0 Å². The third kappa shape index (κ3) is 2.39. The SMILES string of the molecule is O=C1Nc2cc(C(F)(F)F)ccc2[C@@H]1c1cc(Cl)ccc1O. The molecular formula is C15H9ClF3NO2. The van der Waals surface area contributed by atoms with Crippen molar-refractivity contribution in [2.45, 2.75) is 12.1 Å². The van der Waals surface area contributed by atoms with Gasteiger partial charge in [0.15, 0.2) is 0 Å². The van der Waals surface area contributed by atoms with Crippen LogP contribution in [0.2, 0.25) is 5.02 Å². The van der Waals surface area contributed by atoms with Gasteiger partial charge < -0.3 is 10.4 Å². The molecule has 0 saturated carbocycles. The van der Waals surface area contributed by atoms with E-state index in [4.69, 9.17) is 11.6 Å². The summed E-state index contributed by atoms with van der Waals surface area (Å²) in [6, 6.07) is 7.26. The second-order valence-corrected chi connectivity index (χ2v) is 5.36. The Balaban J connectivity index is 2.11. The fourth-order valence-corrected chi connectivity index (χ4v) is 2.68. The van der Waals surface area contributed by atoms with Crippen molar-refractivity contribution in [1.29, 1.82) is 0 Å². The fourth-order valence-electron chi connectivity index (χ4n) is 2.50. The number of benzene rings is 2. The first-order valence-electron chi connectivity index (χ1n) is 6.28. The van der Waals surface area contributed by atoms with Crippen LogP contribution >= 0.6 is 11.6 Å². The minimum absolute atomic E-state index is 0.0872. The van der Waals surface area contributed by atoms with Crippen LogP contribution in [0.3, 0.4) is 0 Å². The van der Waals surface area contributed by atoms with Crippen molar-refractivity contribution >= 4 is 23.2 Å². The molecule has 22 heavy (non-hydrogen) atoms. The lowest BCUT2D eigenvalue weighted by Gasteiger charge is -2.12. The number of rotatable bonds is 1. The molecule has 1 aliphatic rings. The minimum Gasteiger partial charge on any atom is -0.508 e. The van der Waals surface area contributed by atoms with E-state index >= 15 is 0 Å². The summed E-state index contributed by atoms with van der Waals surface area (Å²) in [6.07, 6.45) is -4.49. The van der Waals surface area contributed by atoms with E-state index in [1.807, 2.05) is 0 Å². The van der Waals surface area contributed by atoms with Crippen molar-refractivity contribution in [3.8, 4) is 5.75 Å². The predicted octanol–water partition coefficient (Wildman–Crippen LogP) is 4.15. The number of carbonyl (C=O) groups is 1. The quantitative estimate of drug-likeness (QED) is 0.826. The molecule has 2 aromatic rings. The summed E-state index contributed by atoms with van der Waals surface area (Å²) in [4.78, 5) is 12.1. The van der Waals surface area contributed by atoms with Crippen LogP contribution in [0, 0.1) is 0 Å². The van der Waals surface area contributed by atoms with Crippen LogP contribution in [-0.4, -0.2) is 11.0 Å². The van der Waals surface area contributed by atoms with Gasteiger partial charge in [0.05, 0.1) is 11.5 Å². The van der Waals surface area contributed by atoms with Crippen LogP contribution in [-0.2, 0) is 11.0 Å². The second-order valence-electron chi connectivity index (χ2n) is 4.93. The number of nitrogens with one attached hydrogen (secondary N) is 1. The second kappa shape index (κ2) is 4.91. The summed E-state index contributed by atoms with van der Waals surface area (Å²) in [6.45, 7) is 0.